The number of nitrogens with zero attached hydrogens (tertiary/aromatic N) is 2. The molecule has 3 aromatic rings. The van der Waals surface area contributed by atoms with Crippen LogP contribution in [0.1, 0.15) is 51.2 Å². The zero-order valence-electron chi connectivity index (χ0n) is 23.3. The van der Waals surface area contributed by atoms with E-state index < -0.39 is 8.32 Å². The summed E-state index contributed by atoms with van der Waals surface area (Å²) < 4.78 is 12.2. The van der Waals surface area contributed by atoms with Gasteiger partial charge < -0.3 is 19.8 Å². The molecule has 2 aromatic heterocycles. The van der Waals surface area contributed by atoms with Crippen molar-refractivity contribution in [3.8, 4) is 17.6 Å². The summed E-state index contributed by atoms with van der Waals surface area (Å²) in [6.45, 7) is 12.6. The van der Waals surface area contributed by atoms with Crippen LogP contribution in [0, 0.1) is 17.8 Å². The number of rotatable bonds is 9. The third-order valence-corrected chi connectivity index (χ3v) is 11.7. The minimum absolute atomic E-state index is 0.0238. The first-order valence-corrected chi connectivity index (χ1v) is 16.1. The highest BCUT2D eigenvalue weighted by Gasteiger charge is 2.36. The molecule has 38 heavy (non-hydrogen) atoms. The molecule has 2 heterocycles. The van der Waals surface area contributed by atoms with Crippen LogP contribution < -0.4 is 15.4 Å². The second-order valence-corrected chi connectivity index (χ2v) is 16.0. The number of aromatic nitrogens is 2. The van der Waals surface area contributed by atoms with Gasteiger partial charge in [-0.3, -0.25) is 4.79 Å². The standard InChI is InChI=1S/C30H38N4O3Si/c1-30(2,3)38(5,6)37-16-8-15-36-24-10-7-9-21(17-24)11-12-23-19-33-28(31-4)26-20-32-27(18-25(23)26)34-29(35)22-13-14-22/h7,9-10,17-20,22H,8,13-16H2,1-6H3,(H,31,33)(H,32,34,35). The van der Waals surface area contributed by atoms with Gasteiger partial charge in [-0.2, -0.15) is 0 Å². The molecule has 7 nitrogen and oxygen atoms in total. The number of pyridine rings is 2. The second kappa shape index (κ2) is 11.5. The summed E-state index contributed by atoms with van der Waals surface area (Å²) >= 11 is 0. The van der Waals surface area contributed by atoms with Gasteiger partial charge in [0.25, 0.3) is 0 Å². The van der Waals surface area contributed by atoms with Crippen LogP contribution in [0.25, 0.3) is 10.8 Å². The zero-order chi connectivity index (χ0) is 27.3. The smallest absolute Gasteiger partial charge is 0.228 e. The third-order valence-electron chi connectivity index (χ3n) is 7.21. The lowest BCUT2D eigenvalue weighted by Crippen LogP contribution is -2.41. The fourth-order valence-corrected chi connectivity index (χ4v) is 4.76. The molecule has 1 saturated carbocycles. The van der Waals surface area contributed by atoms with Gasteiger partial charge in [-0.25, -0.2) is 9.97 Å². The number of nitrogens with one attached hydrogen (secondary N) is 2. The summed E-state index contributed by atoms with van der Waals surface area (Å²) in [5.41, 5.74) is 1.61. The number of carbonyl (C=O) groups excluding carboxylic acids is 1. The van der Waals surface area contributed by atoms with Gasteiger partial charge in [0.05, 0.1) is 12.2 Å². The number of amides is 1. The van der Waals surface area contributed by atoms with Crippen LogP contribution in [0.4, 0.5) is 11.6 Å². The van der Waals surface area contributed by atoms with Crippen molar-refractivity contribution in [3.63, 3.8) is 0 Å². The van der Waals surface area contributed by atoms with Crippen molar-refractivity contribution < 1.29 is 14.0 Å². The Morgan fingerprint density at radius 3 is 2.58 bits per heavy atom. The number of carbonyl (C=O) groups is 1. The van der Waals surface area contributed by atoms with Crippen molar-refractivity contribution in [1.82, 2.24) is 9.97 Å². The summed E-state index contributed by atoms with van der Waals surface area (Å²) in [6, 6.07) is 9.66. The molecule has 0 aliphatic heterocycles. The first-order valence-electron chi connectivity index (χ1n) is 13.2. The molecule has 2 N–H and O–H groups in total. The molecule has 0 radical (unpaired) electrons. The molecule has 8 heteroatoms. The van der Waals surface area contributed by atoms with Crippen molar-refractivity contribution in [2.24, 2.45) is 5.92 Å². The predicted octanol–water partition coefficient (Wildman–Crippen LogP) is 6.21. The van der Waals surface area contributed by atoms with Gasteiger partial charge in [-0.05, 0) is 55.2 Å². The molecular formula is C30H38N4O3Si. The molecule has 1 aliphatic rings. The molecule has 0 saturated heterocycles. The average molecular weight is 531 g/mol. The maximum absolute atomic E-state index is 12.2. The first kappa shape index (κ1) is 27.6. The lowest BCUT2D eigenvalue weighted by atomic mass is 10.1. The molecule has 0 atom stereocenters. The van der Waals surface area contributed by atoms with Gasteiger partial charge in [0.15, 0.2) is 8.32 Å². The topological polar surface area (TPSA) is 85.4 Å². The van der Waals surface area contributed by atoms with Crippen LogP contribution in [0.15, 0.2) is 42.7 Å². The summed E-state index contributed by atoms with van der Waals surface area (Å²) in [5.74, 6) is 8.65. The van der Waals surface area contributed by atoms with E-state index in [0.717, 1.165) is 46.9 Å². The maximum atomic E-state index is 12.2. The van der Waals surface area contributed by atoms with Crippen LogP contribution in [0.2, 0.25) is 18.1 Å². The summed E-state index contributed by atoms with van der Waals surface area (Å²) in [5, 5.41) is 7.96. The van der Waals surface area contributed by atoms with E-state index in [-0.39, 0.29) is 16.9 Å². The fraction of sp³-hybridized carbons (Fsp3) is 0.433. The normalized spacial score (nSPS) is 13.5. The highest BCUT2D eigenvalue weighted by molar-refractivity contribution is 6.74. The molecule has 1 fully saturated rings. The molecule has 0 unspecified atom stereocenters. The predicted molar refractivity (Wildman–Crippen MR) is 156 cm³/mol. The highest BCUT2D eigenvalue weighted by atomic mass is 28.4. The minimum atomic E-state index is -1.73. The van der Waals surface area contributed by atoms with E-state index in [1.54, 1.807) is 12.4 Å². The number of anilines is 2. The van der Waals surface area contributed by atoms with Gasteiger partial charge >= 0.3 is 0 Å². The van der Waals surface area contributed by atoms with E-state index in [0.29, 0.717) is 24.8 Å². The Kier molecular flexibility index (Phi) is 8.39. The van der Waals surface area contributed by atoms with Crippen LogP contribution >= 0.6 is 0 Å². The Labute approximate surface area is 226 Å². The molecular weight excluding hydrogens is 492 g/mol. The number of hydrogen-bond acceptors (Lipinski definition) is 6. The van der Waals surface area contributed by atoms with E-state index in [4.69, 9.17) is 9.16 Å². The second-order valence-electron chi connectivity index (χ2n) is 11.2. The quantitative estimate of drug-likeness (QED) is 0.194. The van der Waals surface area contributed by atoms with Crippen LogP contribution in [0.3, 0.4) is 0 Å². The van der Waals surface area contributed by atoms with Crippen LogP contribution in [-0.2, 0) is 9.22 Å². The fourth-order valence-electron chi connectivity index (χ4n) is 3.67. The van der Waals surface area contributed by atoms with E-state index >= 15 is 0 Å². The molecule has 1 aromatic carbocycles. The summed E-state index contributed by atoms with van der Waals surface area (Å²) in [7, 11) is 0.0868. The van der Waals surface area contributed by atoms with E-state index in [1.165, 1.54) is 0 Å². The average Bonchev–Trinajstić information content (AvgIpc) is 3.72. The summed E-state index contributed by atoms with van der Waals surface area (Å²) in [4.78, 5) is 21.2. The van der Waals surface area contributed by atoms with Gasteiger partial charge in [0.2, 0.25) is 5.91 Å². The van der Waals surface area contributed by atoms with Crippen molar-refractivity contribution in [2.75, 3.05) is 30.9 Å². The minimum Gasteiger partial charge on any atom is -0.493 e. The van der Waals surface area contributed by atoms with E-state index in [1.807, 2.05) is 37.4 Å². The molecule has 1 aliphatic carbocycles. The largest absolute Gasteiger partial charge is 0.493 e. The van der Waals surface area contributed by atoms with Crippen molar-refractivity contribution in [3.05, 3.63) is 53.9 Å². The number of ether oxygens (including phenoxy) is 1. The lowest BCUT2D eigenvalue weighted by Gasteiger charge is -2.36. The molecule has 4 rings (SSSR count). The first-order chi connectivity index (χ1) is 18.1. The van der Waals surface area contributed by atoms with Gasteiger partial charge in [-0.1, -0.05) is 38.7 Å². The van der Waals surface area contributed by atoms with Gasteiger partial charge in [0, 0.05) is 54.7 Å². The molecule has 0 spiro atoms. The van der Waals surface area contributed by atoms with Crippen molar-refractivity contribution in [2.45, 2.75) is 58.2 Å². The number of fused-ring (bicyclic) bond motifs is 1. The summed E-state index contributed by atoms with van der Waals surface area (Å²) in [6.07, 6.45) is 6.20. The Hall–Kier alpha value is -3.41. The monoisotopic (exact) mass is 530 g/mol. The highest BCUT2D eigenvalue weighted by Crippen LogP contribution is 2.36. The van der Waals surface area contributed by atoms with Crippen LogP contribution in [0.5, 0.6) is 5.75 Å². The van der Waals surface area contributed by atoms with E-state index in [9.17, 15) is 4.79 Å². The lowest BCUT2D eigenvalue weighted by molar-refractivity contribution is -0.117. The number of hydrogen-bond donors (Lipinski definition) is 2. The molecule has 0 bridgehead atoms. The maximum Gasteiger partial charge on any atom is 0.228 e. The zero-order valence-corrected chi connectivity index (χ0v) is 24.3. The Morgan fingerprint density at radius 1 is 1.08 bits per heavy atom. The SMILES string of the molecule is CNc1ncc(C#Cc2cccc(OCCCO[Si](C)(C)C(C)(C)C)c2)c2cc(NC(=O)C3CC3)ncc12. The van der Waals surface area contributed by atoms with Crippen molar-refractivity contribution in [1.29, 1.82) is 0 Å². The van der Waals surface area contributed by atoms with Crippen molar-refractivity contribution >= 4 is 36.6 Å². The molecule has 200 valence electrons. The Balaban J connectivity index is 1.44. The Bertz CT molecular complexity index is 1370. The third kappa shape index (κ3) is 6.91. The van der Waals surface area contributed by atoms with Crippen LogP contribution in [-0.4, -0.2) is 44.5 Å². The van der Waals surface area contributed by atoms with Gasteiger partial charge in [0.1, 0.15) is 17.4 Å². The number of benzene rings is 1. The Morgan fingerprint density at radius 2 is 1.87 bits per heavy atom. The molecule has 1 amide bonds. The van der Waals surface area contributed by atoms with Gasteiger partial charge in [-0.15, -0.1) is 0 Å². The van der Waals surface area contributed by atoms with E-state index in [2.05, 4.69) is 66.3 Å².